The summed E-state index contributed by atoms with van der Waals surface area (Å²) < 4.78 is 0. The maximum absolute atomic E-state index is 9.50. The molecule has 1 atom stereocenters. The summed E-state index contributed by atoms with van der Waals surface area (Å²) in [7, 11) is 2.12. The van der Waals surface area contributed by atoms with E-state index < -0.39 is 0 Å². The van der Waals surface area contributed by atoms with Crippen LogP contribution in [0.2, 0.25) is 0 Å². The second-order valence-corrected chi connectivity index (χ2v) is 4.78. The molecule has 2 heterocycles. The first-order valence-corrected chi connectivity index (χ1v) is 6.22. The molecule has 94 valence electrons. The van der Waals surface area contributed by atoms with E-state index in [4.69, 9.17) is 0 Å². The second-order valence-electron chi connectivity index (χ2n) is 4.78. The predicted octanol–water partition coefficient (Wildman–Crippen LogP) is 0.580. The van der Waals surface area contributed by atoms with Gasteiger partial charge in [0, 0.05) is 38.1 Å². The van der Waals surface area contributed by atoms with Crippen LogP contribution in [0.5, 0.6) is 0 Å². The first kappa shape index (κ1) is 12.5. The van der Waals surface area contributed by atoms with Crippen molar-refractivity contribution < 1.29 is 5.11 Å². The molecular formula is C13H21N3O. The zero-order valence-corrected chi connectivity index (χ0v) is 10.4. The average Bonchev–Trinajstić information content (AvgIpc) is 2.52. The van der Waals surface area contributed by atoms with E-state index in [0.29, 0.717) is 0 Å². The van der Waals surface area contributed by atoms with Crippen molar-refractivity contribution in [1.29, 1.82) is 0 Å². The van der Waals surface area contributed by atoms with Crippen LogP contribution in [0.15, 0.2) is 24.5 Å². The number of likely N-dealkylation sites (N-methyl/N-ethyl adjacent to an activating group) is 1. The van der Waals surface area contributed by atoms with Gasteiger partial charge in [-0.05, 0) is 31.6 Å². The fourth-order valence-corrected chi connectivity index (χ4v) is 2.40. The van der Waals surface area contributed by atoms with Crippen molar-refractivity contribution in [3.05, 3.63) is 30.1 Å². The van der Waals surface area contributed by atoms with Gasteiger partial charge in [-0.15, -0.1) is 0 Å². The molecule has 0 amide bonds. The molecule has 0 spiro atoms. The Labute approximate surface area is 103 Å². The summed E-state index contributed by atoms with van der Waals surface area (Å²) in [6.07, 6.45) is 4.86. The largest absolute Gasteiger partial charge is 0.395 e. The lowest BCUT2D eigenvalue weighted by Gasteiger charge is -2.29. The van der Waals surface area contributed by atoms with E-state index >= 15 is 0 Å². The van der Waals surface area contributed by atoms with Crippen LogP contribution in [-0.4, -0.2) is 59.2 Å². The lowest BCUT2D eigenvalue weighted by molar-refractivity contribution is 0.111. The van der Waals surface area contributed by atoms with E-state index in [2.05, 4.69) is 27.9 Å². The molecule has 1 aromatic heterocycles. The maximum Gasteiger partial charge on any atom is 0.0599 e. The SMILES string of the molecule is CN1CCCN(Cc2cccnc2)C(CO)C1. The van der Waals surface area contributed by atoms with Gasteiger partial charge in [-0.2, -0.15) is 0 Å². The number of hydrogen-bond acceptors (Lipinski definition) is 4. The number of aromatic nitrogens is 1. The summed E-state index contributed by atoms with van der Waals surface area (Å²) in [4.78, 5) is 8.80. The van der Waals surface area contributed by atoms with Gasteiger partial charge in [0.2, 0.25) is 0 Å². The van der Waals surface area contributed by atoms with Gasteiger partial charge in [0.15, 0.2) is 0 Å². The van der Waals surface area contributed by atoms with Crippen LogP contribution in [0.1, 0.15) is 12.0 Å². The molecule has 4 heteroatoms. The van der Waals surface area contributed by atoms with Crippen molar-refractivity contribution in [3.63, 3.8) is 0 Å². The van der Waals surface area contributed by atoms with E-state index in [9.17, 15) is 5.11 Å². The molecule has 1 aliphatic rings. The van der Waals surface area contributed by atoms with Gasteiger partial charge in [0.25, 0.3) is 0 Å². The highest BCUT2D eigenvalue weighted by molar-refractivity contribution is 5.08. The summed E-state index contributed by atoms with van der Waals surface area (Å²) in [5.41, 5.74) is 1.22. The molecule has 0 aliphatic carbocycles. The van der Waals surface area contributed by atoms with Gasteiger partial charge in [0.1, 0.15) is 0 Å². The number of hydrogen-bond donors (Lipinski definition) is 1. The summed E-state index contributed by atoms with van der Waals surface area (Å²) in [6.45, 7) is 4.21. The highest BCUT2D eigenvalue weighted by atomic mass is 16.3. The minimum atomic E-state index is 0.227. The van der Waals surface area contributed by atoms with Crippen molar-refractivity contribution in [1.82, 2.24) is 14.8 Å². The maximum atomic E-state index is 9.50. The molecule has 1 unspecified atom stereocenters. The molecule has 4 nitrogen and oxygen atoms in total. The molecular weight excluding hydrogens is 214 g/mol. The molecule has 1 N–H and O–H groups in total. The third-order valence-electron chi connectivity index (χ3n) is 3.34. The van der Waals surface area contributed by atoms with Crippen LogP contribution < -0.4 is 0 Å². The fourth-order valence-electron chi connectivity index (χ4n) is 2.40. The van der Waals surface area contributed by atoms with E-state index in [1.165, 1.54) is 5.56 Å². The van der Waals surface area contributed by atoms with Gasteiger partial charge in [-0.25, -0.2) is 0 Å². The van der Waals surface area contributed by atoms with Crippen LogP contribution in [0, 0.1) is 0 Å². The second kappa shape index (κ2) is 6.10. The monoisotopic (exact) mass is 235 g/mol. The molecule has 1 saturated heterocycles. The highest BCUT2D eigenvalue weighted by Gasteiger charge is 2.22. The van der Waals surface area contributed by atoms with Crippen molar-refractivity contribution in [2.45, 2.75) is 19.0 Å². The Balaban J connectivity index is 2.02. The van der Waals surface area contributed by atoms with E-state index in [1.54, 1.807) is 6.20 Å². The smallest absolute Gasteiger partial charge is 0.0599 e. The normalized spacial score (nSPS) is 23.5. The highest BCUT2D eigenvalue weighted by Crippen LogP contribution is 2.12. The van der Waals surface area contributed by atoms with Crippen LogP contribution >= 0.6 is 0 Å². The molecule has 17 heavy (non-hydrogen) atoms. The summed E-state index contributed by atoms with van der Waals surface area (Å²) in [6, 6.07) is 4.30. The topological polar surface area (TPSA) is 39.6 Å². The quantitative estimate of drug-likeness (QED) is 0.832. The zero-order valence-electron chi connectivity index (χ0n) is 10.4. The Morgan fingerprint density at radius 3 is 3.06 bits per heavy atom. The molecule has 0 radical (unpaired) electrons. The minimum absolute atomic E-state index is 0.227. The number of pyridine rings is 1. The molecule has 0 aromatic carbocycles. The van der Waals surface area contributed by atoms with Crippen molar-refractivity contribution >= 4 is 0 Å². The molecule has 1 aliphatic heterocycles. The number of rotatable bonds is 3. The number of nitrogens with zero attached hydrogens (tertiary/aromatic N) is 3. The minimum Gasteiger partial charge on any atom is -0.395 e. The predicted molar refractivity (Wildman–Crippen MR) is 67.6 cm³/mol. The van der Waals surface area contributed by atoms with E-state index in [0.717, 1.165) is 32.6 Å². The van der Waals surface area contributed by atoms with Crippen LogP contribution in [0.4, 0.5) is 0 Å². The molecule has 1 aromatic rings. The number of aliphatic hydroxyl groups is 1. The molecule has 0 saturated carbocycles. The van der Waals surface area contributed by atoms with Gasteiger partial charge >= 0.3 is 0 Å². The van der Waals surface area contributed by atoms with Crippen molar-refractivity contribution in [3.8, 4) is 0 Å². The lowest BCUT2D eigenvalue weighted by Crippen LogP contribution is -2.42. The molecule has 1 fully saturated rings. The van der Waals surface area contributed by atoms with Crippen LogP contribution in [0.25, 0.3) is 0 Å². The summed E-state index contributed by atoms with van der Waals surface area (Å²) in [5.74, 6) is 0. The van der Waals surface area contributed by atoms with Gasteiger partial charge in [-0.3, -0.25) is 9.88 Å². The average molecular weight is 235 g/mol. The first-order valence-electron chi connectivity index (χ1n) is 6.22. The summed E-state index contributed by atoms with van der Waals surface area (Å²) in [5, 5.41) is 9.50. The standard InChI is InChI=1S/C13H21N3O/c1-15-6-3-7-16(13(10-15)11-17)9-12-4-2-5-14-8-12/h2,4-5,8,13,17H,3,6-7,9-11H2,1H3. The van der Waals surface area contributed by atoms with Gasteiger partial charge in [0.05, 0.1) is 6.61 Å². The van der Waals surface area contributed by atoms with E-state index in [-0.39, 0.29) is 12.6 Å². The zero-order chi connectivity index (χ0) is 12.1. The van der Waals surface area contributed by atoms with Gasteiger partial charge in [-0.1, -0.05) is 6.07 Å². The van der Waals surface area contributed by atoms with Crippen LogP contribution in [0.3, 0.4) is 0 Å². The Morgan fingerprint density at radius 2 is 2.35 bits per heavy atom. The Hall–Kier alpha value is -0.970. The molecule has 2 rings (SSSR count). The van der Waals surface area contributed by atoms with Crippen LogP contribution in [-0.2, 0) is 6.54 Å². The van der Waals surface area contributed by atoms with Crippen molar-refractivity contribution in [2.75, 3.05) is 33.3 Å². The van der Waals surface area contributed by atoms with E-state index in [1.807, 2.05) is 12.3 Å². The Morgan fingerprint density at radius 1 is 1.47 bits per heavy atom. The fraction of sp³-hybridized carbons (Fsp3) is 0.615. The third kappa shape index (κ3) is 3.49. The third-order valence-corrected chi connectivity index (χ3v) is 3.34. The first-order chi connectivity index (χ1) is 8.29. The number of aliphatic hydroxyl groups excluding tert-OH is 1. The van der Waals surface area contributed by atoms with Crippen molar-refractivity contribution in [2.24, 2.45) is 0 Å². The van der Waals surface area contributed by atoms with Gasteiger partial charge < -0.3 is 10.0 Å². The Kier molecular flexibility index (Phi) is 4.48. The molecule has 0 bridgehead atoms. The summed E-state index contributed by atoms with van der Waals surface area (Å²) >= 11 is 0. The Bertz CT molecular complexity index is 331. The lowest BCUT2D eigenvalue weighted by atomic mass is 10.2.